The molecular formula is C15H20F3NO2S. The maximum Gasteiger partial charge on any atom is 0.416 e. The lowest BCUT2D eigenvalue weighted by atomic mass is 9.93. The molecule has 7 heteroatoms. The first kappa shape index (κ1) is 17.3. The summed E-state index contributed by atoms with van der Waals surface area (Å²) in [6.07, 6.45) is -2.24. The SMILES string of the molecule is CC(CC1CCNCC1)S(=O)(=O)c1cccc(C(F)(F)F)c1. The monoisotopic (exact) mass is 335 g/mol. The molecule has 1 aliphatic heterocycles. The van der Waals surface area contributed by atoms with Crippen LogP contribution >= 0.6 is 0 Å². The third-order valence-corrected chi connectivity index (χ3v) is 6.31. The van der Waals surface area contributed by atoms with Crippen molar-refractivity contribution in [3.8, 4) is 0 Å². The topological polar surface area (TPSA) is 46.2 Å². The fraction of sp³-hybridized carbons (Fsp3) is 0.600. The molecule has 1 aromatic carbocycles. The van der Waals surface area contributed by atoms with E-state index in [0.717, 1.165) is 44.1 Å². The van der Waals surface area contributed by atoms with E-state index in [0.29, 0.717) is 12.3 Å². The molecule has 1 heterocycles. The van der Waals surface area contributed by atoms with Gasteiger partial charge in [0.2, 0.25) is 0 Å². The minimum absolute atomic E-state index is 0.247. The van der Waals surface area contributed by atoms with E-state index >= 15 is 0 Å². The van der Waals surface area contributed by atoms with Crippen molar-refractivity contribution in [2.75, 3.05) is 13.1 Å². The molecule has 0 bridgehead atoms. The van der Waals surface area contributed by atoms with Gasteiger partial charge in [-0.3, -0.25) is 0 Å². The van der Waals surface area contributed by atoms with Gasteiger partial charge >= 0.3 is 6.18 Å². The van der Waals surface area contributed by atoms with Gasteiger partial charge in [-0.15, -0.1) is 0 Å². The van der Waals surface area contributed by atoms with Crippen LogP contribution < -0.4 is 5.32 Å². The lowest BCUT2D eigenvalue weighted by Gasteiger charge is -2.25. The van der Waals surface area contributed by atoms with Crippen molar-refractivity contribution in [3.05, 3.63) is 29.8 Å². The fourth-order valence-electron chi connectivity index (χ4n) is 2.80. The van der Waals surface area contributed by atoms with Crippen LogP contribution in [-0.4, -0.2) is 26.8 Å². The second-order valence-electron chi connectivity index (χ2n) is 5.81. The lowest BCUT2D eigenvalue weighted by Crippen LogP contribution is -2.31. The van der Waals surface area contributed by atoms with Crippen LogP contribution in [0.15, 0.2) is 29.2 Å². The van der Waals surface area contributed by atoms with Crippen molar-refractivity contribution in [1.29, 1.82) is 0 Å². The van der Waals surface area contributed by atoms with Gasteiger partial charge in [0.1, 0.15) is 0 Å². The van der Waals surface area contributed by atoms with Gasteiger partial charge in [-0.1, -0.05) is 6.07 Å². The predicted molar refractivity (Wildman–Crippen MR) is 78.3 cm³/mol. The van der Waals surface area contributed by atoms with Crippen molar-refractivity contribution in [2.45, 2.75) is 42.5 Å². The molecule has 3 nitrogen and oxygen atoms in total. The first-order valence-corrected chi connectivity index (χ1v) is 8.88. The van der Waals surface area contributed by atoms with E-state index in [1.165, 1.54) is 6.07 Å². The summed E-state index contributed by atoms with van der Waals surface area (Å²) >= 11 is 0. The Morgan fingerprint density at radius 3 is 2.50 bits per heavy atom. The quantitative estimate of drug-likeness (QED) is 0.919. The van der Waals surface area contributed by atoms with Crippen molar-refractivity contribution < 1.29 is 21.6 Å². The Morgan fingerprint density at radius 2 is 1.91 bits per heavy atom. The molecule has 1 fully saturated rings. The van der Waals surface area contributed by atoms with E-state index in [2.05, 4.69) is 5.32 Å². The van der Waals surface area contributed by atoms with E-state index in [9.17, 15) is 21.6 Å². The first-order chi connectivity index (χ1) is 10.2. The van der Waals surface area contributed by atoms with E-state index in [1.807, 2.05) is 0 Å². The Labute approximate surface area is 128 Å². The molecule has 1 aliphatic rings. The Balaban J connectivity index is 2.18. The first-order valence-electron chi connectivity index (χ1n) is 7.33. The number of rotatable bonds is 4. The highest BCUT2D eigenvalue weighted by atomic mass is 32.2. The van der Waals surface area contributed by atoms with Crippen LogP contribution in [0.25, 0.3) is 0 Å². The number of hydrogen-bond donors (Lipinski definition) is 1. The summed E-state index contributed by atoms with van der Waals surface area (Å²) in [6.45, 7) is 3.31. The largest absolute Gasteiger partial charge is 0.416 e. The lowest BCUT2D eigenvalue weighted by molar-refractivity contribution is -0.137. The zero-order valence-corrected chi connectivity index (χ0v) is 13.2. The van der Waals surface area contributed by atoms with Gasteiger partial charge in [0, 0.05) is 0 Å². The number of halogens is 3. The van der Waals surface area contributed by atoms with Gasteiger partial charge in [-0.2, -0.15) is 13.2 Å². The molecule has 1 aromatic rings. The molecule has 2 rings (SSSR count). The van der Waals surface area contributed by atoms with Crippen molar-refractivity contribution >= 4 is 9.84 Å². The maximum atomic E-state index is 12.7. The average Bonchev–Trinajstić information content (AvgIpc) is 2.47. The number of hydrogen-bond acceptors (Lipinski definition) is 3. The van der Waals surface area contributed by atoms with Crippen LogP contribution in [0.3, 0.4) is 0 Å². The van der Waals surface area contributed by atoms with Crippen LogP contribution in [0, 0.1) is 5.92 Å². The Morgan fingerprint density at radius 1 is 1.27 bits per heavy atom. The smallest absolute Gasteiger partial charge is 0.317 e. The highest BCUT2D eigenvalue weighted by Crippen LogP contribution is 2.32. The zero-order chi connectivity index (χ0) is 16.4. The van der Waals surface area contributed by atoms with E-state index in [4.69, 9.17) is 0 Å². The Hall–Kier alpha value is -1.08. The van der Waals surface area contributed by atoms with E-state index < -0.39 is 26.8 Å². The molecule has 0 aromatic heterocycles. The fourth-order valence-corrected chi connectivity index (χ4v) is 4.34. The number of sulfone groups is 1. The number of piperidine rings is 1. The number of alkyl halides is 3. The van der Waals surface area contributed by atoms with E-state index in [-0.39, 0.29) is 4.90 Å². The van der Waals surface area contributed by atoms with Gasteiger partial charge in [-0.25, -0.2) is 8.42 Å². The number of nitrogens with one attached hydrogen (secondary N) is 1. The predicted octanol–water partition coefficient (Wildman–Crippen LogP) is 3.26. The van der Waals surface area contributed by atoms with Gasteiger partial charge in [0.25, 0.3) is 0 Å². The summed E-state index contributed by atoms with van der Waals surface area (Å²) < 4.78 is 63.2. The second kappa shape index (κ2) is 6.58. The van der Waals surface area contributed by atoms with Gasteiger partial charge in [0.05, 0.1) is 15.7 Å². The molecule has 1 N–H and O–H groups in total. The summed E-state index contributed by atoms with van der Waals surface area (Å²) in [7, 11) is -3.74. The molecule has 0 aliphatic carbocycles. The maximum absolute atomic E-state index is 12.7. The molecule has 0 radical (unpaired) electrons. The zero-order valence-electron chi connectivity index (χ0n) is 12.4. The highest BCUT2D eigenvalue weighted by molar-refractivity contribution is 7.92. The van der Waals surface area contributed by atoms with Crippen molar-refractivity contribution in [2.24, 2.45) is 5.92 Å². The van der Waals surface area contributed by atoms with Crippen LogP contribution in [0.1, 0.15) is 31.7 Å². The minimum atomic E-state index is -4.54. The molecule has 0 saturated carbocycles. The van der Waals surface area contributed by atoms with Gasteiger partial charge < -0.3 is 5.32 Å². The summed E-state index contributed by atoms with van der Waals surface area (Å²) in [5.74, 6) is 0.303. The van der Waals surface area contributed by atoms with Crippen LogP contribution in [0.4, 0.5) is 13.2 Å². The van der Waals surface area contributed by atoms with Gasteiger partial charge in [-0.05, 0) is 63.4 Å². The summed E-state index contributed by atoms with van der Waals surface area (Å²) in [5, 5.41) is 2.53. The standard InChI is InChI=1S/C15H20F3NO2S/c1-11(9-12-5-7-19-8-6-12)22(20,21)14-4-2-3-13(10-14)15(16,17)18/h2-4,10-12,19H,5-9H2,1H3. The van der Waals surface area contributed by atoms with E-state index in [1.54, 1.807) is 6.92 Å². The summed E-state index contributed by atoms with van der Waals surface area (Å²) in [6, 6.07) is 4.00. The summed E-state index contributed by atoms with van der Waals surface area (Å²) in [4.78, 5) is -0.247. The van der Waals surface area contributed by atoms with Crippen molar-refractivity contribution in [3.63, 3.8) is 0 Å². The average molecular weight is 335 g/mol. The highest BCUT2D eigenvalue weighted by Gasteiger charge is 2.33. The number of benzene rings is 1. The molecule has 1 atom stereocenters. The minimum Gasteiger partial charge on any atom is -0.317 e. The molecule has 1 saturated heterocycles. The second-order valence-corrected chi connectivity index (χ2v) is 8.18. The normalized spacial score (nSPS) is 19.1. The van der Waals surface area contributed by atoms with Crippen LogP contribution in [0.2, 0.25) is 0 Å². The third kappa shape index (κ3) is 4.01. The van der Waals surface area contributed by atoms with Crippen LogP contribution in [-0.2, 0) is 16.0 Å². The third-order valence-electron chi connectivity index (χ3n) is 4.14. The molecule has 0 amide bonds. The Bertz CT molecular complexity index is 607. The molecular weight excluding hydrogens is 315 g/mol. The Kier molecular flexibility index (Phi) is 5.17. The van der Waals surface area contributed by atoms with Crippen LogP contribution in [0.5, 0.6) is 0 Å². The molecule has 1 unspecified atom stereocenters. The van der Waals surface area contributed by atoms with Gasteiger partial charge in [0.15, 0.2) is 9.84 Å². The summed E-state index contributed by atoms with van der Waals surface area (Å²) in [5.41, 5.74) is -0.928. The molecule has 0 spiro atoms. The molecule has 124 valence electrons. The molecule has 22 heavy (non-hydrogen) atoms. The van der Waals surface area contributed by atoms with Crippen molar-refractivity contribution in [1.82, 2.24) is 5.32 Å².